The maximum absolute atomic E-state index is 12.1. The number of rotatable bonds is 7. The van der Waals surface area contributed by atoms with Crippen molar-refractivity contribution in [3.8, 4) is 0 Å². The molecular formula is C20H34F2. The quantitative estimate of drug-likeness (QED) is 0.461. The molecule has 0 saturated heterocycles. The summed E-state index contributed by atoms with van der Waals surface area (Å²) in [6, 6.07) is 0. The summed E-state index contributed by atoms with van der Waals surface area (Å²) in [6.07, 6.45) is 16.5. The zero-order valence-electron chi connectivity index (χ0n) is 14.3. The maximum Gasteiger partial charge on any atom is 0.266 e. The number of unbranched alkanes of at least 4 members (excludes halogenated alkanes) is 1. The summed E-state index contributed by atoms with van der Waals surface area (Å²) >= 11 is 0. The Labute approximate surface area is 135 Å². The minimum absolute atomic E-state index is 0.570. The number of hydrogen-bond acceptors (Lipinski definition) is 0. The summed E-state index contributed by atoms with van der Waals surface area (Å²) in [7, 11) is 0. The third-order valence-electron chi connectivity index (χ3n) is 6.29. The molecule has 0 unspecified atom stereocenters. The lowest BCUT2D eigenvalue weighted by molar-refractivity contribution is 0.140. The Morgan fingerprint density at radius 3 is 1.77 bits per heavy atom. The third kappa shape index (κ3) is 6.01. The molecule has 0 aromatic rings. The van der Waals surface area contributed by atoms with Crippen LogP contribution < -0.4 is 0 Å². The highest BCUT2D eigenvalue weighted by Gasteiger charge is 2.30. The van der Waals surface area contributed by atoms with E-state index in [1.807, 2.05) is 0 Å². The first-order chi connectivity index (χ1) is 10.7. The van der Waals surface area contributed by atoms with Gasteiger partial charge in [0, 0.05) is 0 Å². The Hall–Kier alpha value is -0.400. The van der Waals surface area contributed by atoms with Crippen LogP contribution in [0.4, 0.5) is 8.78 Å². The molecule has 0 spiro atoms. The molecular weight excluding hydrogens is 278 g/mol. The largest absolute Gasteiger partial charge is 0.266 e. The zero-order valence-corrected chi connectivity index (χ0v) is 14.3. The molecule has 2 aliphatic carbocycles. The molecule has 0 nitrogen and oxygen atoms in total. The monoisotopic (exact) mass is 312 g/mol. The van der Waals surface area contributed by atoms with Crippen molar-refractivity contribution >= 4 is 0 Å². The molecule has 0 atom stereocenters. The lowest BCUT2D eigenvalue weighted by Crippen LogP contribution is -2.25. The molecule has 128 valence electrons. The van der Waals surface area contributed by atoms with Gasteiger partial charge < -0.3 is 0 Å². The van der Waals surface area contributed by atoms with E-state index < -0.39 is 6.08 Å². The van der Waals surface area contributed by atoms with Gasteiger partial charge in [0.05, 0.1) is 0 Å². The Morgan fingerprint density at radius 1 is 0.818 bits per heavy atom. The van der Waals surface area contributed by atoms with Gasteiger partial charge in [-0.1, -0.05) is 51.9 Å². The third-order valence-corrected chi connectivity index (χ3v) is 6.29. The van der Waals surface area contributed by atoms with Crippen molar-refractivity contribution in [3.05, 3.63) is 12.2 Å². The van der Waals surface area contributed by atoms with Crippen molar-refractivity contribution in [1.82, 2.24) is 0 Å². The Bertz CT molecular complexity index is 317. The molecule has 0 N–H and O–H groups in total. The molecule has 0 aromatic heterocycles. The predicted molar refractivity (Wildman–Crippen MR) is 90.0 cm³/mol. The average Bonchev–Trinajstić information content (AvgIpc) is 2.54. The van der Waals surface area contributed by atoms with E-state index in [9.17, 15) is 8.78 Å². The molecule has 0 aromatic carbocycles. The van der Waals surface area contributed by atoms with Crippen molar-refractivity contribution in [2.75, 3.05) is 0 Å². The zero-order chi connectivity index (χ0) is 15.8. The van der Waals surface area contributed by atoms with Crippen LogP contribution in [0, 0.1) is 23.7 Å². The lowest BCUT2D eigenvalue weighted by Gasteiger charge is -2.38. The molecule has 2 rings (SSSR count). The summed E-state index contributed by atoms with van der Waals surface area (Å²) in [5.74, 6) is 3.63. The van der Waals surface area contributed by atoms with Gasteiger partial charge in [-0.25, -0.2) is 0 Å². The maximum atomic E-state index is 12.1. The van der Waals surface area contributed by atoms with Crippen molar-refractivity contribution in [3.63, 3.8) is 0 Å². The minimum Gasteiger partial charge on any atom is -0.174 e. The molecule has 0 amide bonds. The van der Waals surface area contributed by atoms with Gasteiger partial charge in [-0.05, 0) is 68.3 Å². The van der Waals surface area contributed by atoms with E-state index in [1.165, 1.54) is 70.6 Å². The fourth-order valence-corrected chi connectivity index (χ4v) is 4.82. The van der Waals surface area contributed by atoms with E-state index in [0.717, 1.165) is 30.3 Å². The van der Waals surface area contributed by atoms with Crippen molar-refractivity contribution in [2.24, 2.45) is 23.7 Å². The number of allylic oxidation sites excluding steroid dienone is 1. The molecule has 2 saturated carbocycles. The van der Waals surface area contributed by atoms with Gasteiger partial charge >= 0.3 is 0 Å². The van der Waals surface area contributed by atoms with Crippen molar-refractivity contribution in [2.45, 2.75) is 90.4 Å². The van der Waals surface area contributed by atoms with E-state index in [2.05, 4.69) is 6.92 Å². The number of halogens is 2. The van der Waals surface area contributed by atoms with Crippen LogP contribution in [0.15, 0.2) is 12.2 Å². The van der Waals surface area contributed by atoms with Gasteiger partial charge in [-0.15, -0.1) is 0 Å². The highest BCUT2D eigenvalue weighted by atomic mass is 19.3. The van der Waals surface area contributed by atoms with Gasteiger partial charge in [0.1, 0.15) is 0 Å². The van der Waals surface area contributed by atoms with Crippen molar-refractivity contribution < 1.29 is 8.78 Å². The molecule has 2 heteroatoms. The van der Waals surface area contributed by atoms with Crippen molar-refractivity contribution in [1.29, 1.82) is 0 Å². The number of hydrogen-bond donors (Lipinski definition) is 0. The second-order valence-corrected chi connectivity index (χ2v) is 7.77. The minimum atomic E-state index is -1.51. The van der Waals surface area contributed by atoms with Crippen LogP contribution in [-0.2, 0) is 0 Å². The van der Waals surface area contributed by atoms with Gasteiger partial charge in [0.2, 0.25) is 0 Å². The predicted octanol–water partition coefficient (Wildman–Crippen LogP) is 7.35. The van der Waals surface area contributed by atoms with Crippen LogP contribution in [0.2, 0.25) is 0 Å². The van der Waals surface area contributed by atoms with Crippen LogP contribution in [-0.4, -0.2) is 0 Å². The second kappa shape index (κ2) is 9.67. The van der Waals surface area contributed by atoms with E-state index >= 15 is 0 Å². The van der Waals surface area contributed by atoms with Gasteiger partial charge in [0.25, 0.3) is 6.08 Å². The normalized spacial score (nSPS) is 32.7. The first-order valence-corrected chi connectivity index (χ1v) is 9.70. The SMILES string of the molecule is CCCC[C@H]1CC[C@H]([C@H]2CC[C@H](CCC=C(F)F)CC2)CC1. The smallest absolute Gasteiger partial charge is 0.174 e. The second-order valence-electron chi connectivity index (χ2n) is 7.77. The van der Waals surface area contributed by atoms with Crippen LogP contribution in [0.1, 0.15) is 90.4 Å². The van der Waals surface area contributed by atoms with Crippen LogP contribution >= 0.6 is 0 Å². The molecule has 0 heterocycles. The molecule has 22 heavy (non-hydrogen) atoms. The fourth-order valence-electron chi connectivity index (χ4n) is 4.82. The summed E-state index contributed by atoms with van der Waals surface area (Å²) in [4.78, 5) is 0. The summed E-state index contributed by atoms with van der Waals surface area (Å²) < 4.78 is 24.1. The first kappa shape index (κ1) is 17.9. The summed E-state index contributed by atoms with van der Waals surface area (Å²) in [5.41, 5.74) is 0. The van der Waals surface area contributed by atoms with E-state index in [1.54, 1.807) is 0 Å². The summed E-state index contributed by atoms with van der Waals surface area (Å²) in [5, 5.41) is 0. The van der Waals surface area contributed by atoms with E-state index in [4.69, 9.17) is 0 Å². The Balaban J connectivity index is 1.62. The molecule has 2 aliphatic rings. The van der Waals surface area contributed by atoms with Crippen LogP contribution in [0.25, 0.3) is 0 Å². The van der Waals surface area contributed by atoms with Gasteiger partial charge in [-0.3, -0.25) is 0 Å². The van der Waals surface area contributed by atoms with Crippen LogP contribution in [0.3, 0.4) is 0 Å². The topological polar surface area (TPSA) is 0 Å². The average molecular weight is 312 g/mol. The van der Waals surface area contributed by atoms with E-state index in [-0.39, 0.29) is 0 Å². The van der Waals surface area contributed by atoms with Gasteiger partial charge in [-0.2, -0.15) is 8.78 Å². The molecule has 0 aliphatic heterocycles. The molecule has 2 fully saturated rings. The first-order valence-electron chi connectivity index (χ1n) is 9.70. The highest BCUT2D eigenvalue weighted by molar-refractivity contribution is 4.85. The summed E-state index contributed by atoms with van der Waals surface area (Å²) in [6.45, 7) is 2.29. The lowest BCUT2D eigenvalue weighted by atomic mass is 9.68. The highest BCUT2D eigenvalue weighted by Crippen LogP contribution is 2.43. The van der Waals surface area contributed by atoms with E-state index in [0.29, 0.717) is 12.3 Å². The Kier molecular flexibility index (Phi) is 7.89. The Morgan fingerprint density at radius 2 is 1.32 bits per heavy atom. The molecule has 0 bridgehead atoms. The standard InChI is InChI=1S/C20H34F2/c1-2-3-5-16-8-12-18(13-9-16)19-14-10-17(11-15-19)6-4-7-20(21)22/h7,16-19H,2-6,8-15H2,1H3/t16-,17-,18-,19-. The van der Waals surface area contributed by atoms with Crippen LogP contribution in [0.5, 0.6) is 0 Å². The molecule has 0 radical (unpaired) electrons. The van der Waals surface area contributed by atoms with Gasteiger partial charge in [0.15, 0.2) is 0 Å². The fraction of sp³-hybridized carbons (Fsp3) is 0.900.